The van der Waals surface area contributed by atoms with E-state index in [9.17, 15) is 57.5 Å². The van der Waals surface area contributed by atoms with Gasteiger partial charge in [0.1, 0.15) is 58.9 Å². The molecule has 0 radical (unpaired) electrons. The second kappa shape index (κ2) is 18.9. The van der Waals surface area contributed by atoms with Gasteiger partial charge in [-0.3, -0.25) is 4.98 Å². The van der Waals surface area contributed by atoms with E-state index >= 15 is 35.1 Å². The van der Waals surface area contributed by atoms with E-state index in [-0.39, 0.29) is 0 Å². The molecule has 344 valence electrons. The quantitative estimate of drug-likeness (QED) is 0.0305. The van der Waals surface area contributed by atoms with Crippen molar-refractivity contribution >= 4 is 81.8 Å². The summed E-state index contributed by atoms with van der Waals surface area (Å²) >= 11 is 9.39. The third-order valence-corrected chi connectivity index (χ3v) is 9.64. The number of carbonyl (C=O) groups is 1. The molecule has 0 atom stereocenters. The van der Waals surface area contributed by atoms with Crippen LogP contribution in [0, 0.1) is 116 Å². The third kappa shape index (κ3) is 8.79. The number of rotatable bonds is 7. The van der Waals surface area contributed by atoms with Gasteiger partial charge in [-0.1, -0.05) is 30.3 Å². The number of hydrogen-bond acceptors (Lipinski definition) is 3. The second-order valence-electron chi connectivity index (χ2n) is 12.7. The van der Waals surface area contributed by atoms with Crippen LogP contribution in [0.3, 0.4) is 0 Å². The zero-order chi connectivity index (χ0) is 48.9. The van der Waals surface area contributed by atoms with E-state index < -0.39 is 153 Å². The molecule has 5 aromatic carbocycles. The van der Waals surface area contributed by atoms with Crippen LogP contribution < -0.4 is 26.4 Å². The fourth-order valence-corrected chi connectivity index (χ4v) is 6.95. The monoisotopic (exact) mass is 1140 g/mol. The van der Waals surface area contributed by atoms with Crippen molar-refractivity contribution in [2.75, 3.05) is 0 Å². The predicted octanol–water partition coefficient (Wildman–Crippen LogP) is 9.22. The van der Waals surface area contributed by atoms with Crippen molar-refractivity contribution in [1.29, 1.82) is 0 Å². The maximum absolute atomic E-state index is 15.4. The zero-order valence-electron chi connectivity index (χ0n) is 30.3. The molecule has 0 aliphatic carbocycles. The van der Waals surface area contributed by atoms with Crippen LogP contribution >= 0.6 is 47.8 Å². The summed E-state index contributed by atoms with van der Waals surface area (Å²) in [5.41, 5.74) is -12.9. The molecule has 0 fully saturated rings. The van der Waals surface area contributed by atoms with E-state index in [1.807, 2.05) is 30.3 Å². The molecule has 0 amide bonds. The molecule has 0 aliphatic heterocycles. The average molecular weight is 1140 g/mol. The maximum Gasteiger partial charge on any atom is 0.408 e. The first kappa shape index (κ1) is 50.7. The van der Waals surface area contributed by atoms with Crippen LogP contribution in [-0.4, -0.2) is 19.4 Å². The van der Waals surface area contributed by atoms with E-state index in [4.69, 9.17) is 4.74 Å². The molecule has 0 saturated carbocycles. The normalized spacial score (nSPS) is 11.7. The van der Waals surface area contributed by atoms with Crippen LogP contribution in [0.5, 0.6) is 0 Å². The van der Waals surface area contributed by atoms with Gasteiger partial charge in [0.05, 0.1) is 6.20 Å². The minimum absolute atomic E-state index is 0.360. The fourth-order valence-electron chi connectivity index (χ4n) is 6.51. The molecule has 4 nitrogen and oxygen atoms in total. The number of carbonyl (C=O) groups excluding carboxylic acids is 1. The summed E-state index contributed by atoms with van der Waals surface area (Å²) in [6.45, 7) is 0.563. The number of ether oxygens (including phenoxy) is 1. The Balaban J connectivity index is 0.000000330. The molecule has 0 bridgehead atoms. The maximum atomic E-state index is 15.4. The number of aromatic nitrogens is 2. The minimum Gasteiger partial charge on any atom is -0.419 e. The van der Waals surface area contributed by atoms with Crippen molar-refractivity contribution in [2.24, 2.45) is 0 Å². The Morgan fingerprint density at radius 2 is 0.754 bits per heavy atom. The lowest BCUT2D eigenvalue weighted by Crippen LogP contribution is -2.81. The van der Waals surface area contributed by atoms with Gasteiger partial charge in [-0.25, -0.2) is 92.6 Å². The van der Waals surface area contributed by atoms with Crippen molar-refractivity contribution in [3.63, 3.8) is 0 Å². The van der Waals surface area contributed by atoms with Crippen molar-refractivity contribution in [3.05, 3.63) is 177 Å². The fraction of sp³-hybridized carbons (Fsp3) is 0.0541. The molecular formula is C37H10BBr3F20N2O2. The Labute approximate surface area is 372 Å². The zero-order valence-corrected chi connectivity index (χ0v) is 35.1. The number of esters is 1. The number of hydrogen-bond donors (Lipinski definition) is 0. The summed E-state index contributed by atoms with van der Waals surface area (Å²) in [7, 11) is 0. The molecule has 0 N–H and O–H groups in total. The Morgan fingerprint density at radius 1 is 0.477 bits per heavy atom. The SMILES string of the molecule is Fc1c(F)c(F)c([B-](c2c(F)c(F)c(F)c(F)c2F)(c2c(F)c(F)c(F)c(F)c2F)c2c(F)c(F)c(F)c(F)c2F)c(F)c1F.O=C(OC(Br)(Br)Br)c1cncc[n+]1Cc1ccccc1. The summed E-state index contributed by atoms with van der Waals surface area (Å²) in [5, 5.41) is 0. The lowest BCUT2D eigenvalue weighted by atomic mass is 9.12. The first-order chi connectivity index (χ1) is 30.2. The molecule has 0 aliphatic rings. The topological polar surface area (TPSA) is 43.1 Å². The average Bonchev–Trinajstić information content (AvgIpc) is 3.26. The van der Waals surface area contributed by atoms with E-state index in [2.05, 4.69) is 52.8 Å². The van der Waals surface area contributed by atoms with Crippen molar-refractivity contribution in [1.82, 2.24) is 4.98 Å². The highest BCUT2D eigenvalue weighted by Crippen LogP contribution is 2.35. The van der Waals surface area contributed by atoms with Crippen molar-refractivity contribution < 1.29 is 102 Å². The molecule has 28 heteroatoms. The Kier molecular flexibility index (Phi) is 14.8. The molecule has 1 aromatic heterocycles. The number of benzene rings is 5. The first-order valence-corrected chi connectivity index (χ1v) is 18.9. The van der Waals surface area contributed by atoms with Crippen molar-refractivity contribution in [3.8, 4) is 0 Å². The highest BCUT2D eigenvalue weighted by atomic mass is 80.0. The van der Waals surface area contributed by atoms with Gasteiger partial charge in [0.15, 0.2) is 82.5 Å². The van der Waals surface area contributed by atoms with Crippen LogP contribution in [0.2, 0.25) is 0 Å². The summed E-state index contributed by atoms with van der Waals surface area (Å²) in [6, 6.07) is 9.84. The van der Waals surface area contributed by atoms with Gasteiger partial charge < -0.3 is 4.74 Å². The van der Waals surface area contributed by atoms with Gasteiger partial charge in [-0.2, -0.15) is 4.57 Å². The summed E-state index contributed by atoms with van der Waals surface area (Å²) in [6.07, 6.45) is -2.37. The summed E-state index contributed by atoms with van der Waals surface area (Å²) < 4.78 is 300. The third-order valence-electron chi connectivity index (χ3n) is 9.16. The molecular weight excluding hydrogens is 1130 g/mol. The molecule has 65 heavy (non-hydrogen) atoms. The highest BCUT2D eigenvalue weighted by molar-refractivity contribution is 9.39. The first-order valence-electron chi connectivity index (χ1n) is 16.6. The Morgan fingerprint density at radius 3 is 1.03 bits per heavy atom. The molecule has 6 aromatic rings. The summed E-state index contributed by atoms with van der Waals surface area (Å²) in [5.74, 6) is -71.9. The smallest absolute Gasteiger partial charge is 0.408 e. The predicted molar refractivity (Wildman–Crippen MR) is 194 cm³/mol. The molecule has 0 unspecified atom stereocenters. The van der Waals surface area contributed by atoms with Gasteiger partial charge in [-0.05, 0) is 47.8 Å². The van der Waals surface area contributed by atoms with Crippen LogP contribution in [-0.2, 0) is 11.3 Å². The largest absolute Gasteiger partial charge is 0.419 e. The van der Waals surface area contributed by atoms with E-state index in [1.54, 1.807) is 17.0 Å². The highest BCUT2D eigenvalue weighted by Gasteiger charge is 2.52. The van der Waals surface area contributed by atoms with Gasteiger partial charge >= 0.3 is 11.7 Å². The second-order valence-corrected chi connectivity index (χ2v) is 19.3. The van der Waals surface area contributed by atoms with Crippen molar-refractivity contribution in [2.45, 2.75) is 8.87 Å². The van der Waals surface area contributed by atoms with Gasteiger partial charge in [-0.15, -0.1) is 21.9 Å². The standard InChI is InChI=1S/C24BF20.C13H10Br3N2O2/c26-5-1(6(27)14(35)21(42)13(5)34)25(2-7(28)15(36)22(43)16(37)8(2)29,3-9(30)17(38)23(44)18(39)10(3)31)4-11(32)19(40)24(45)20(41)12(4)33;14-13(15,16)20-12(19)11-8-17-6-7-18(11)9-10-4-2-1-3-5-10/h;1-8H,9H2/q-1;+1. The van der Waals surface area contributed by atoms with Crippen LogP contribution in [0.4, 0.5) is 87.8 Å². The number of halogens is 23. The molecule has 1 heterocycles. The van der Waals surface area contributed by atoms with Crippen LogP contribution in [0.15, 0.2) is 48.9 Å². The Hall–Kier alpha value is -5.25. The lowest BCUT2D eigenvalue weighted by molar-refractivity contribution is -0.691. The van der Waals surface area contributed by atoms with Gasteiger partial charge in [0.2, 0.25) is 0 Å². The lowest BCUT2D eigenvalue weighted by Gasteiger charge is -2.44. The van der Waals surface area contributed by atoms with Gasteiger partial charge in [0.25, 0.3) is 2.33 Å². The number of nitrogens with zero attached hydrogens (tertiary/aromatic N) is 2. The number of alkyl halides is 3. The summed E-state index contributed by atoms with van der Waals surface area (Å²) in [4.78, 5) is 16.1. The minimum atomic E-state index is -7.22. The van der Waals surface area contributed by atoms with E-state index in [0.29, 0.717) is 12.2 Å². The van der Waals surface area contributed by atoms with Gasteiger partial charge in [0, 0.05) is 5.56 Å². The molecule has 0 spiro atoms. The van der Waals surface area contributed by atoms with E-state index in [0.717, 1.165) is 5.56 Å². The Bertz CT molecular complexity index is 2530. The van der Waals surface area contributed by atoms with E-state index in [1.165, 1.54) is 6.20 Å². The van der Waals surface area contributed by atoms with Crippen LogP contribution in [0.1, 0.15) is 16.1 Å². The molecule has 6 rings (SSSR count). The molecule has 0 saturated heterocycles. The van der Waals surface area contributed by atoms with Crippen LogP contribution in [0.25, 0.3) is 0 Å².